The highest BCUT2D eigenvalue weighted by Gasteiger charge is 2.52. The first-order valence-corrected chi connectivity index (χ1v) is 12.7. The molecule has 9 nitrogen and oxygen atoms in total. The summed E-state index contributed by atoms with van der Waals surface area (Å²) in [7, 11) is -4.15. The van der Waals surface area contributed by atoms with E-state index in [1.807, 2.05) is 0 Å². The van der Waals surface area contributed by atoms with Crippen molar-refractivity contribution in [1.82, 2.24) is 0 Å². The van der Waals surface area contributed by atoms with Gasteiger partial charge in [0.1, 0.15) is 11.9 Å². The molecule has 200 valence electrons. The number of nitrogens with one attached hydrogen (secondary N) is 1. The first-order valence-electron chi connectivity index (χ1n) is 11.3. The number of hydrogen-bond acceptors (Lipinski definition) is 6. The van der Waals surface area contributed by atoms with E-state index in [1.165, 1.54) is 30.3 Å². The molecular formula is C24H25F3N2O7S. The van der Waals surface area contributed by atoms with Gasteiger partial charge in [-0.05, 0) is 57.5 Å². The summed E-state index contributed by atoms with van der Waals surface area (Å²) in [5.41, 5.74) is -1.90. The Morgan fingerprint density at radius 1 is 1.14 bits per heavy atom. The van der Waals surface area contributed by atoms with Crippen molar-refractivity contribution < 1.29 is 45.8 Å². The second kappa shape index (κ2) is 9.12. The Morgan fingerprint density at radius 3 is 2.35 bits per heavy atom. The minimum absolute atomic E-state index is 0.0139. The van der Waals surface area contributed by atoms with Crippen LogP contribution in [-0.4, -0.2) is 50.0 Å². The molecule has 1 amide bonds. The van der Waals surface area contributed by atoms with Crippen LogP contribution in [0.15, 0.2) is 47.4 Å². The predicted octanol–water partition coefficient (Wildman–Crippen LogP) is 4.56. The van der Waals surface area contributed by atoms with Crippen LogP contribution in [0.3, 0.4) is 0 Å². The fourth-order valence-electron chi connectivity index (χ4n) is 3.98. The third-order valence-corrected chi connectivity index (χ3v) is 8.17. The number of hydrogen-bond donors (Lipinski definition) is 2. The van der Waals surface area contributed by atoms with Crippen LogP contribution >= 0.6 is 0 Å². The van der Waals surface area contributed by atoms with Gasteiger partial charge in [0.05, 0.1) is 23.0 Å². The molecule has 1 heterocycles. The first-order chi connectivity index (χ1) is 17.1. The molecule has 2 N–H and O–H groups in total. The Labute approximate surface area is 211 Å². The van der Waals surface area contributed by atoms with Gasteiger partial charge in [0.15, 0.2) is 0 Å². The minimum atomic E-state index is -4.81. The number of halogens is 3. The van der Waals surface area contributed by atoms with E-state index in [2.05, 4.69) is 10.1 Å². The van der Waals surface area contributed by atoms with E-state index in [0.717, 1.165) is 9.87 Å². The number of alkyl halides is 3. The standard InChI is InChI=1S/C24H25F3N2O7S/c1-13-4-7-15(8-5-13)37(33,34)29-12-20(16-11-17(16)21(30)31)35-19-9-6-14(10-18(19)29)28-22(32)36-23(2,3)24(25,26)27/h4-10,16-17,20H,11-12H2,1-3H3,(H,28,32)(H,30,31)/t16-,17-,20-/m1/s1. The lowest BCUT2D eigenvalue weighted by molar-refractivity contribution is -0.242. The molecule has 37 heavy (non-hydrogen) atoms. The number of sulfonamides is 1. The molecule has 0 spiro atoms. The Bertz CT molecular complexity index is 1330. The molecule has 2 aromatic carbocycles. The van der Waals surface area contributed by atoms with Gasteiger partial charge in [-0.2, -0.15) is 13.2 Å². The molecule has 0 radical (unpaired) electrons. The van der Waals surface area contributed by atoms with Gasteiger partial charge in [0.25, 0.3) is 10.0 Å². The number of aliphatic carboxylic acids is 1. The van der Waals surface area contributed by atoms with Crippen LogP contribution in [0.5, 0.6) is 5.75 Å². The molecule has 3 atom stereocenters. The van der Waals surface area contributed by atoms with Crippen molar-refractivity contribution in [2.45, 2.75) is 50.0 Å². The van der Waals surface area contributed by atoms with Gasteiger partial charge in [-0.1, -0.05) is 17.7 Å². The molecule has 2 aliphatic rings. The molecular weight excluding hydrogens is 517 g/mol. The van der Waals surface area contributed by atoms with Crippen molar-refractivity contribution in [1.29, 1.82) is 0 Å². The monoisotopic (exact) mass is 542 g/mol. The van der Waals surface area contributed by atoms with Crippen molar-refractivity contribution in [3.05, 3.63) is 48.0 Å². The molecule has 1 aliphatic carbocycles. The zero-order chi connectivity index (χ0) is 27.3. The third kappa shape index (κ3) is 5.31. The second-order valence-electron chi connectivity index (χ2n) is 9.55. The maximum absolute atomic E-state index is 13.6. The fraction of sp³-hybridized carbons (Fsp3) is 0.417. The van der Waals surface area contributed by atoms with Crippen LogP contribution in [0.1, 0.15) is 25.8 Å². The molecule has 0 aromatic heterocycles. The number of benzene rings is 2. The highest BCUT2D eigenvalue weighted by Crippen LogP contribution is 2.48. The molecule has 0 bridgehead atoms. The summed E-state index contributed by atoms with van der Waals surface area (Å²) in [6.45, 7) is 3.01. The van der Waals surface area contributed by atoms with E-state index < -0.39 is 51.8 Å². The van der Waals surface area contributed by atoms with Crippen molar-refractivity contribution >= 4 is 33.5 Å². The number of carbonyl (C=O) groups excluding carboxylic acids is 1. The smallest absolute Gasteiger partial charge is 0.427 e. The Hall–Kier alpha value is -3.48. The van der Waals surface area contributed by atoms with Crippen LogP contribution in [0, 0.1) is 18.8 Å². The summed E-state index contributed by atoms with van der Waals surface area (Å²) in [4.78, 5) is 23.5. The topological polar surface area (TPSA) is 122 Å². The number of aryl methyl sites for hydroxylation is 1. The number of anilines is 2. The van der Waals surface area contributed by atoms with Crippen LogP contribution < -0.4 is 14.4 Å². The quantitative estimate of drug-likeness (QED) is 0.549. The summed E-state index contributed by atoms with van der Waals surface area (Å²) in [5, 5.41) is 11.5. The van der Waals surface area contributed by atoms with E-state index in [1.54, 1.807) is 19.1 Å². The number of carboxylic acid groups (broad SMARTS) is 1. The average molecular weight is 543 g/mol. The maximum atomic E-state index is 13.6. The predicted molar refractivity (Wildman–Crippen MR) is 126 cm³/mol. The van der Waals surface area contributed by atoms with E-state index in [0.29, 0.717) is 20.3 Å². The highest BCUT2D eigenvalue weighted by molar-refractivity contribution is 7.92. The van der Waals surface area contributed by atoms with Gasteiger partial charge in [-0.3, -0.25) is 14.4 Å². The summed E-state index contributed by atoms with van der Waals surface area (Å²) < 4.78 is 78.0. The Balaban J connectivity index is 1.66. The number of carbonyl (C=O) groups is 2. The minimum Gasteiger partial charge on any atom is -0.486 e. The molecule has 1 saturated carbocycles. The first kappa shape index (κ1) is 26.6. The summed E-state index contributed by atoms with van der Waals surface area (Å²) in [6.07, 6.45) is -6.58. The lowest BCUT2D eigenvalue weighted by atomic mass is 10.1. The van der Waals surface area contributed by atoms with Crippen LogP contribution in [0.4, 0.5) is 29.3 Å². The molecule has 0 unspecified atom stereocenters. The van der Waals surface area contributed by atoms with Crippen molar-refractivity contribution in [3.8, 4) is 5.75 Å². The molecule has 4 rings (SSSR count). The van der Waals surface area contributed by atoms with Gasteiger partial charge >= 0.3 is 18.2 Å². The van der Waals surface area contributed by atoms with Gasteiger partial charge in [0.2, 0.25) is 5.60 Å². The number of amides is 1. The van der Waals surface area contributed by atoms with Crippen molar-refractivity contribution in [2.24, 2.45) is 11.8 Å². The van der Waals surface area contributed by atoms with E-state index in [9.17, 15) is 36.3 Å². The Morgan fingerprint density at radius 2 is 1.78 bits per heavy atom. The van der Waals surface area contributed by atoms with Gasteiger partial charge in [0, 0.05) is 11.6 Å². The van der Waals surface area contributed by atoms with Crippen LogP contribution in [-0.2, 0) is 19.6 Å². The zero-order valence-corrected chi connectivity index (χ0v) is 20.9. The summed E-state index contributed by atoms with van der Waals surface area (Å²) in [5.74, 6) is -1.91. The number of carboxylic acids is 1. The lowest BCUT2D eigenvalue weighted by Crippen LogP contribution is -2.45. The Kier molecular flexibility index (Phi) is 6.55. The molecule has 0 saturated heterocycles. The average Bonchev–Trinajstić information content (AvgIpc) is 3.59. The third-order valence-electron chi connectivity index (χ3n) is 6.37. The van der Waals surface area contributed by atoms with Crippen molar-refractivity contribution in [2.75, 3.05) is 16.2 Å². The molecule has 13 heteroatoms. The molecule has 1 fully saturated rings. The number of ether oxygens (including phenoxy) is 2. The zero-order valence-electron chi connectivity index (χ0n) is 20.1. The van der Waals surface area contributed by atoms with Crippen molar-refractivity contribution in [3.63, 3.8) is 0 Å². The van der Waals surface area contributed by atoms with Gasteiger partial charge in [-0.15, -0.1) is 0 Å². The van der Waals surface area contributed by atoms with E-state index >= 15 is 0 Å². The van der Waals surface area contributed by atoms with E-state index in [4.69, 9.17) is 4.74 Å². The van der Waals surface area contributed by atoms with Crippen LogP contribution in [0.2, 0.25) is 0 Å². The highest BCUT2D eigenvalue weighted by atomic mass is 32.2. The fourth-order valence-corrected chi connectivity index (χ4v) is 5.46. The normalized spacial score (nSPS) is 21.5. The second-order valence-corrected chi connectivity index (χ2v) is 11.4. The number of nitrogens with zero attached hydrogens (tertiary/aromatic N) is 1. The van der Waals surface area contributed by atoms with Crippen LogP contribution in [0.25, 0.3) is 0 Å². The van der Waals surface area contributed by atoms with Gasteiger partial charge in [-0.25, -0.2) is 13.2 Å². The largest absolute Gasteiger partial charge is 0.486 e. The molecule has 2 aromatic rings. The SMILES string of the molecule is Cc1ccc(S(=O)(=O)N2C[C@H]([C@@H]3C[C@H]3C(=O)O)Oc3ccc(NC(=O)OC(C)(C)C(F)(F)F)cc32)cc1. The summed E-state index contributed by atoms with van der Waals surface area (Å²) >= 11 is 0. The summed E-state index contributed by atoms with van der Waals surface area (Å²) in [6, 6.07) is 10.1. The number of fused-ring (bicyclic) bond motifs is 1. The van der Waals surface area contributed by atoms with Gasteiger partial charge < -0.3 is 14.6 Å². The number of rotatable bonds is 6. The lowest BCUT2D eigenvalue weighted by Gasteiger charge is -2.36. The van der Waals surface area contributed by atoms with E-state index in [-0.39, 0.29) is 28.6 Å². The molecule has 1 aliphatic heterocycles. The maximum Gasteiger partial charge on any atom is 0.427 e.